The Morgan fingerprint density at radius 2 is 1.68 bits per heavy atom. The summed E-state index contributed by atoms with van der Waals surface area (Å²) in [6.07, 6.45) is 0. The summed E-state index contributed by atoms with van der Waals surface area (Å²) in [5.41, 5.74) is 4.27. The molecule has 2 aromatic rings. The summed E-state index contributed by atoms with van der Waals surface area (Å²) in [5.74, 6) is -0.709. The Labute approximate surface area is 112 Å². The number of aryl methyl sites for hydroxylation is 3. The molecule has 98 valence electrons. The van der Waals surface area contributed by atoms with Gasteiger partial charge >= 0.3 is 0 Å². The Bertz CT molecular complexity index is 611. The van der Waals surface area contributed by atoms with Gasteiger partial charge in [-0.15, -0.1) is 0 Å². The molecule has 1 amide bonds. The normalized spacial score (nSPS) is 10.3. The molecule has 0 aliphatic heterocycles. The van der Waals surface area contributed by atoms with E-state index in [0.717, 1.165) is 22.4 Å². The quantitative estimate of drug-likeness (QED) is 0.865. The van der Waals surface area contributed by atoms with Crippen LogP contribution in [-0.2, 0) is 0 Å². The molecule has 0 saturated carbocycles. The molecule has 0 radical (unpaired) electrons. The average Bonchev–Trinajstić information content (AvgIpc) is 2.33. The third kappa shape index (κ3) is 2.99. The van der Waals surface area contributed by atoms with E-state index in [2.05, 4.69) is 5.32 Å². The summed E-state index contributed by atoms with van der Waals surface area (Å²) < 4.78 is 13.1. The van der Waals surface area contributed by atoms with E-state index in [9.17, 15) is 9.18 Å². The molecule has 0 saturated heterocycles. The number of amides is 1. The number of nitrogens with one attached hydrogen (secondary N) is 1. The van der Waals surface area contributed by atoms with Gasteiger partial charge in [0.15, 0.2) is 0 Å². The number of hydrogen-bond donors (Lipinski definition) is 1. The number of carbonyl (C=O) groups is 1. The van der Waals surface area contributed by atoms with Gasteiger partial charge in [0.2, 0.25) is 0 Å². The maximum Gasteiger partial charge on any atom is 0.255 e. The van der Waals surface area contributed by atoms with Crippen molar-refractivity contribution in [1.29, 1.82) is 0 Å². The van der Waals surface area contributed by atoms with Crippen molar-refractivity contribution < 1.29 is 9.18 Å². The molecule has 0 fully saturated rings. The molecule has 0 atom stereocenters. The zero-order valence-corrected chi connectivity index (χ0v) is 11.3. The molecule has 0 aliphatic rings. The topological polar surface area (TPSA) is 29.1 Å². The van der Waals surface area contributed by atoms with Crippen molar-refractivity contribution in [3.8, 4) is 0 Å². The first-order valence-electron chi connectivity index (χ1n) is 6.12. The highest BCUT2D eigenvalue weighted by molar-refractivity contribution is 6.05. The molecule has 0 bridgehead atoms. The predicted octanol–water partition coefficient (Wildman–Crippen LogP) is 4.00. The Morgan fingerprint density at radius 3 is 2.26 bits per heavy atom. The van der Waals surface area contributed by atoms with Crippen molar-refractivity contribution >= 4 is 11.6 Å². The van der Waals surface area contributed by atoms with Crippen LogP contribution >= 0.6 is 0 Å². The first kappa shape index (κ1) is 13.3. The standard InChI is InChI=1S/C16H16FNO/c1-10-7-11(2)15(12(3)8-10)18-16(19)13-5-4-6-14(17)9-13/h4-9H,1-3H3,(H,18,19). The molecular formula is C16H16FNO. The molecule has 0 aliphatic carbocycles. The monoisotopic (exact) mass is 257 g/mol. The lowest BCUT2D eigenvalue weighted by atomic mass is 10.0. The van der Waals surface area contributed by atoms with Crippen molar-refractivity contribution in [2.75, 3.05) is 5.32 Å². The number of carbonyl (C=O) groups excluding carboxylic acids is 1. The van der Waals surface area contributed by atoms with Crippen LogP contribution in [0.3, 0.4) is 0 Å². The van der Waals surface area contributed by atoms with E-state index in [-0.39, 0.29) is 5.91 Å². The highest BCUT2D eigenvalue weighted by Gasteiger charge is 2.10. The Balaban J connectivity index is 2.29. The third-order valence-electron chi connectivity index (χ3n) is 3.00. The summed E-state index contributed by atoms with van der Waals surface area (Å²) in [5, 5.41) is 2.84. The highest BCUT2D eigenvalue weighted by Crippen LogP contribution is 2.22. The molecular weight excluding hydrogens is 241 g/mol. The maximum atomic E-state index is 13.1. The van der Waals surface area contributed by atoms with Crippen molar-refractivity contribution in [3.63, 3.8) is 0 Å². The molecule has 3 heteroatoms. The van der Waals surface area contributed by atoms with Crippen LogP contribution in [0, 0.1) is 26.6 Å². The number of halogens is 1. The van der Waals surface area contributed by atoms with E-state index < -0.39 is 5.82 Å². The minimum atomic E-state index is -0.412. The van der Waals surface area contributed by atoms with Gasteiger partial charge in [0.25, 0.3) is 5.91 Å². The van der Waals surface area contributed by atoms with Crippen molar-refractivity contribution in [2.45, 2.75) is 20.8 Å². The number of anilines is 1. The number of hydrogen-bond acceptors (Lipinski definition) is 1. The van der Waals surface area contributed by atoms with Crippen LogP contribution in [0.25, 0.3) is 0 Å². The minimum absolute atomic E-state index is 0.297. The van der Waals surface area contributed by atoms with E-state index in [1.165, 1.54) is 18.2 Å². The molecule has 0 heterocycles. The average molecular weight is 257 g/mol. The van der Waals surface area contributed by atoms with Gasteiger partial charge in [-0.2, -0.15) is 0 Å². The second kappa shape index (κ2) is 5.22. The lowest BCUT2D eigenvalue weighted by Gasteiger charge is -2.12. The van der Waals surface area contributed by atoms with Crippen LogP contribution in [0.15, 0.2) is 36.4 Å². The van der Waals surface area contributed by atoms with Crippen molar-refractivity contribution in [3.05, 3.63) is 64.5 Å². The Kier molecular flexibility index (Phi) is 3.65. The lowest BCUT2D eigenvalue weighted by Crippen LogP contribution is -2.14. The fraction of sp³-hybridized carbons (Fsp3) is 0.188. The van der Waals surface area contributed by atoms with Crippen molar-refractivity contribution in [2.24, 2.45) is 0 Å². The third-order valence-corrected chi connectivity index (χ3v) is 3.00. The lowest BCUT2D eigenvalue weighted by molar-refractivity contribution is 0.102. The van der Waals surface area contributed by atoms with Crippen LogP contribution < -0.4 is 5.32 Å². The zero-order chi connectivity index (χ0) is 14.0. The molecule has 0 spiro atoms. The fourth-order valence-corrected chi connectivity index (χ4v) is 2.19. The van der Waals surface area contributed by atoms with Gasteiger partial charge in [0.05, 0.1) is 0 Å². The first-order valence-corrected chi connectivity index (χ1v) is 6.12. The predicted molar refractivity (Wildman–Crippen MR) is 75.0 cm³/mol. The summed E-state index contributed by atoms with van der Waals surface area (Å²) in [6.45, 7) is 5.90. The number of rotatable bonds is 2. The molecule has 19 heavy (non-hydrogen) atoms. The van der Waals surface area contributed by atoms with E-state index in [1.807, 2.05) is 32.9 Å². The SMILES string of the molecule is Cc1cc(C)c(NC(=O)c2cccc(F)c2)c(C)c1. The summed E-state index contributed by atoms with van der Waals surface area (Å²) >= 11 is 0. The molecule has 2 nitrogen and oxygen atoms in total. The van der Waals surface area contributed by atoms with Crippen LogP contribution in [0.1, 0.15) is 27.0 Å². The molecule has 0 aromatic heterocycles. The van der Waals surface area contributed by atoms with E-state index >= 15 is 0 Å². The second-order valence-electron chi connectivity index (χ2n) is 4.74. The molecule has 1 N–H and O–H groups in total. The van der Waals surface area contributed by atoms with E-state index in [1.54, 1.807) is 6.07 Å². The minimum Gasteiger partial charge on any atom is -0.322 e. The maximum absolute atomic E-state index is 13.1. The number of benzene rings is 2. The van der Waals surface area contributed by atoms with Crippen LogP contribution in [0.4, 0.5) is 10.1 Å². The van der Waals surface area contributed by atoms with Crippen molar-refractivity contribution in [1.82, 2.24) is 0 Å². The summed E-state index contributed by atoms with van der Waals surface area (Å²) in [6, 6.07) is 9.69. The van der Waals surface area contributed by atoms with Gasteiger partial charge in [0.1, 0.15) is 5.82 Å². The highest BCUT2D eigenvalue weighted by atomic mass is 19.1. The fourth-order valence-electron chi connectivity index (χ4n) is 2.19. The second-order valence-corrected chi connectivity index (χ2v) is 4.74. The molecule has 2 aromatic carbocycles. The first-order chi connectivity index (χ1) is 8.97. The van der Waals surface area contributed by atoms with Gasteiger partial charge in [0, 0.05) is 11.3 Å². The van der Waals surface area contributed by atoms with E-state index in [4.69, 9.17) is 0 Å². The summed E-state index contributed by atoms with van der Waals surface area (Å²) in [4.78, 5) is 12.1. The smallest absolute Gasteiger partial charge is 0.255 e. The van der Waals surface area contributed by atoms with Gasteiger partial charge in [-0.3, -0.25) is 4.79 Å². The van der Waals surface area contributed by atoms with E-state index in [0.29, 0.717) is 5.56 Å². The Hall–Kier alpha value is -2.16. The summed E-state index contributed by atoms with van der Waals surface area (Å²) in [7, 11) is 0. The van der Waals surface area contributed by atoms with Crippen LogP contribution in [-0.4, -0.2) is 5.91 Å². The Morgan fingerprint density at radius 1 is 1.05 bits per heavy atom. The van der Waals surface area contributed by atoms with Crippen LogP contribution in [0.5, 0.6) is 0 Å². The van der Waals surface area contributed by atoms with Gasteiger partial charge < -0.3 is 5.32 Å². The largest absolute Gasteiger partial charge is 0.322 e. The van der Waals surface area contributed by atoms with Crippen LogP contribution in [0.2, 0.25) is 0 Å². The molecule has 0 unspecified atom stereocenters. The molecule has 2 rings (SSSR count). The van der Waals surface area contributed by atoms with Gasteiger partial charge in [-0.1, -0.05) is 23.8 Å². The van der Waals surface area contributed by atoms with Gasteiger partial charge in [-0.25, -0.2) is 4.39 Å². The van der Waals surface area contributed by atoms with Gasteiger partial charge in [-0.05, 0) is 50.1 Å². The zero-order valence-electron chi connectivity index (χ0n) is 11.3.